The minimum atomic E-state index is -0.557. The van der Waals surface area contributed by atoms with Crippen molar-refractivity contribution in [1.29, 1.82) is 0 Å². The van der Waals surface area contributed by atoms with E-state index in [1.54, 1.807) is 19.2 Å². The van der Waals surface area contributed by atoms with E-state index in [4.69, 9.17) is 16.3 Å². The molecule has 0 fully saturated rings. The second-order valence-corrected chi connectivity index (χ2v) is 6.92. The molecule has 1 N–H and O–H groups in total. The zero-order valence-corrected chi connectivity index (χ0v) is 17.3. The Labute approximate surface area is 177 Å². The topological polar surface area (TPSA) is 98.8 Å². The molecule has 9 heteroatoms. The molecular formula is C21H19ClN4O4. The zero-order chi connectivity index (χ0) is 21.8. The molecule has 0 atom stereocenters. The van der Waals surface area contributed by atoms with Crippen LogP contribution in [0.4, 0.5) is 5.69 Å². The van der Waals surface area contributed by atoms with E-state index in [0.717, 1.165) is 22.6 Å². The van der Waals surface area contributed by atoms with Crippen molar-refractivity contribution in [2.75, 3.05) is 7.11 Å². The third kappa shape index (κ3) is 4.33. The maximum absolute atomic E-state index is 12.2. The van der Waals surface area contributed by atoms with Crippen molar-refractivity contribution >= 4 is 29.4 Å². The van der Waals surface area contributed by atoms with Crippen LogP contribution in [-0.2, 0) is 0 Å². The third-order valence-corrected chi connectivity index (χ3v) is 4.78. The number of carbonyl (C=O) groups excluding carboxylic acids is 1. The van der Waals surface area contributed by atoms with Crippen LogP contribution in [0.15, 0.2) is 53.6 Å². The lowest BCUT2D eigenvalue weighted by atomic mass is 10.2. The highest BCUT2D eigenvalue weighted by molar-refractivity contribution is 6.30. The van der Waals surface area contributed by atoms with Gasteiger partial charge in [0.15, 0.2) is 0 Å². The Kier molecular flexibility index (Phi) is 6.17. The number of rotatable bonds is 6. The summed E-state index contributed by atoms with van der Waals surface area (Å²) >= 11 is 6.16. The van der Waals surface area contributed by atoms with E-state index >= 15 is 0 Å². The smallest absolute Gasteiger partial charge is 0.271 e. The minimum Gasteiger partial charge on any atom is -0.495 e. The number of aromatic nitrogens is 1. The van der Waals surface area contributed by atoms with Crippen LogP contribution in [-0.4, -0.2) is 28.7 Å². The van der Waals surface area contributed by atoms with Gasteiger partial charge in [-0.25, -0.2) is 5.43 Å². The van der Waals surface area contributed by atoms with E-state index in [0.29, 0.717) is 10.8 Å². The number of nitro benzene ring substituents is 1. The number of non-ortho nitro benzene ring substituents is 1. The van der Waals surface area contributed by atoms with Gasteiger partial charge in [0, 0.05) is 39.7 Å². The molecule has 0 radical (unpaired) electrons. The Bertz CT molecular complexity index is 1150. The number of nitro groups is 1. The van der Waals surface area contributed by atoms with Gasteiger partial charge >= 0.3 is 0 Å². The van der Waals surface area contributed by atoms with E-state index in [1.165, 1.54) is 30.5 Å². The summed E-state index contributed by atoms with van der Waals surface area (Å²) in [6.45, 7) is 3.85. The van der Waals surface area contributed by atoms with E-state index < -0.39 is 10.8 Å². The second-order valence-electron chi connectivity index (χ2n) is 6.48. The van der Waals surface area contributed by atoms with Gasteiger partial charge in [-0.2, -0.15) is 5.10 Å². The number of nitrogens with one attached hydrogen (secondary N) is 1. The Morgan fingerprint density at radius 3 is 2.70 bits per heavy atom. The number of methoxy groups -OCH3 is 1. The van der Waals surface area contributed by atoms with Crippen LogP contribution in [0.2, 0.25) is 5.02 Å². The van der Waals surface area contributed by atoms with Crippen molar-refractivity contribution in [3.8, 4) is 11.4 Å². The van der Waals surface area contributed by atoms with E-state index in [1.807, 2.05) is 30.5 Å². The molecule has 0 aliphatic heterocycles. The van der Waals surface area contributed by atoms with Gasteiger partial charge in [0.25, 0.3) is 11.6 Å². The van der Waals surface area contributed by atoms with Crippen molar-refractivity contribution in [2.24, 2.45) is 5.10 Å². The van der Waals surface area contributed by atoms with Gasteiger partial charge in [-0.05, 0) is 44.2 Å². The summed E-state index contributed by atoms with van der Waals surface area (Å²) in [5.74, 6) is 0.129. The number of carbonyl (C=O) groups is 1. The van der Waals surface area contributed by atoms with Gasteiger partial charge in [0.05, 0.1) is 23.9 Å². The molecule has 1 amide bonds. The maximum atomic E-state index is 12.2. The number of ether oxygens (including phenoxy) is 1. The molecule has 0 unspecified atom stereocenters. The average molecular weight is 427 g/mol. The lowest BCUT2D eigenvalue weighted by Crippen LogP contribution is -2.17. The van der Waals surface area contributed by atoms with Crippen LogP contribution < -0.4 is 10.2 Å². The molecule has 0 aliphatic rings. The summed E-state index contributed by atoms with van der Waals surface area (Å²) in [4.78, 5) is 22.5. The standard InChI is InChI=1S/C21H19ClN4O4/c1-13-9-16(14(2)25(13)19-11-17(22)7-8-20(19)30-3)12-23-24-21(27)15-5-4-6-18(10-15)26(28)29/h4-12H,1-3H3,(H,24,27)/b23-12-. The van der Waals surface area contributed by atoms with Gasteiger partial charge in [-0.15, -0.1) is 0 Å². The SMILES string of the molecule is COc1ccc(Cl)cc1-n1c(C)cc(/C=N\NC(=O)c2cccc([N+](=O)[O-])c2)c1C. The van der Waals surface area contributed by atoms with Crippen LogP contribution in [0.3, 0.4) is 0 Å². The number of aryl methyl sites for hydroxylation is 1. The molecular weight excluding hydrogens is 408 g/mol. The summed E-state index contributed by atoms with van der Waals surface area (Å²) < 4.78 is 7.42. The first-order chi connectivity index (χ1) is 14.3. The number of halogens is 1. The number of amides is 1. The normalized spacial score (nSPS) is 10.9. The molecule has 154 valence electrons. The Morgan fingerprint density at radius 2 is 2.00 bits per heavy atom. The number of benzene rings is 2. The summed E-state index contributed by atoms with van der Waals surface area (Å²) in [7, 11) is 1.59. The quantitative estimate of drug-likeness (QED) is 0.358. The maximum Gasteiger partial charge on any atom is 0.271 e. The van der Waals surface area contributed by atoms with Gasteiger partial charge in [0.2, 0.25) is 0 Å². The number of hydrogen-bond donors (Lipinski definition) is 1. The van der Waals surface area contributed by atoms with E-state index in [2.05, 4.69) is 10.5 Å². The molecule has 1 heterocycles. The van der Waals surface area contributed by atoms with Crippen LogP contribution in [0.25, 0.3) is 5.69 Å². The monoisotopic (exact) mass is 426 g/mol. The zero-order valence-electron chi connectivity index (χ0n) is 16.5. The van der Waals surface area contributed by atoms with E-state index in [9.17, 15) is 14.9 Å². The van der Waals surface area contributed by atoms with Gasteiger partial charge in [0.1, 0.15) is 5.75 Å². The first-order valence-corrected chi connectivity index (χ1v) is 9.30. The number of hydrogen-bond acceptors (Lipinski definition) is 5. The molecule has 0 bridgehead atoms. The van der Waals surface area contributed by atoms with Gasteiger partial charge in [-0.1, -0.05) is 17.7 Å². The highest BCUT2D eigenvalue weighted by atomic mass is 35.5. The summed E-state index contributed by atoms with van der Waals surface area (Å²) in [5.41, 5.74) is 5.77. The van der Waals surface area contributed by atoms with Crippen molar-refractivity contribution < 1.29 is 14.5 Å². The first kappa shape index (κ1) is 21.1. The van der Waals surface area contributed by atoms with Crippen LogP contribution in [0, 0.1) is 24.0 Å². The summed E-state index contributed by atoms with van der Waals surface area (Å²) in [6.07, 6.45) is 1.52. The highest BCUT2D eigenvalue weighted by Gasteiger charge is 2.14. The van der Waals surface area contributed by atoms with Gasteiger partial charge in [-0.3, -0.25) is 14.9 Å². The van der Waals surface area contributed by atoms with E-state index in [-0.39, 0.29) is 11.3 Å². The largest absolute Gasteiger partial charge is 0.495 e. The van der Waals surface area contributed by atoms with Crippen LogP contribution >= 0.6 is 11.6 Å². The van der Waals surface area contributed by atoms with Gasteiger partial charge < -0.3 is 9.30 Å². The van der Waals surface area contributed by atoms with Crippen molar-refractivity contribution in [3.05, 3.63) is 86.2 Å². The average Bonchev–Trinajstić information content (AvgIpc) is 3.01. The van der Waals surface area contributed by atoms with Crippen molar-refractivity contribution in [3.63, 3.8) is 0 Å². The molecule has 30 heavy (non-hydrogen) atoms. The molecule has 8 nitrogen and oxygen atoms in total. The second kappa shape index (κ2) is 8.79. The fraction of sp³-hybridized carbons (Fsp3) is 0.143. The van der Waals surface area contributed by atoms with Crippen LogP contribution in [0.1, 0.15) is 27.3 Å². The minimum absolute atomic E-state index is 0.149. The third-order valence-electron chi connectivity index (χ3n) is 4.54. The van der Waals surface area contributed by atoms with Crippen molar-refractivity contribution in [2.45, 2.75) is 13.8 Å². The fourth-order valence-corrected chi connectivity index (χ4v) is 3.28. The van der Waals surface area contributed by atoms with Crippen LogP contribution in [0.5, 0.6) is 5.75 Å². The number of nitrogens with zero attached hydrogens (tertiary/aromatic N) is 3. The van der Waals surface area contributed by atoms with Crippen molar-refractivity contribution in [1.82, 2.24) is 9.99 Å². The molecule has 0 aliphatic carbocycles. The summed E-state index contributed by atoms with van der Waals surface area (Å²) in [6, 6.07) is 12.7. The predicted molar refractivity (Wildman–Crippen MR) is 115 cm³/mol. The molecule has 0 saturated carbocycles. The summed E-state index contributed by atoms with van der Waals surface area (Å²) in [5, 5.41) is 15.4. The molecule has 0 spiro atoms. The molecule has 3 aromatic rings. The molecule has 0 saturated heterocycles. The predicted octanol–water partition coefficient (Wildman–Crippen LogP) is 4.43. The fourth-order valence-electron chi connectivity index (χ4n) is 3.11. The number of hydrazone groups is 1. The molecule has 1 aromatic heterocycles. The Morgan fingerprint density at radius 1 is 1.23 bits per heavy atom. The highest BCUT2D eigenvalue weighted by Crippen LogP contribution is 2.30. The Hall–Kier alpha value is -3.65. The lowest BCUT2D eigenvalue weighted by molar-refractivity contribution is -0.384. The molecule has 2 aromatic carbocycles. The first-order valence-electron chi connectivity index (χ1n) is 8.92. The molecule has 3 rings (SSSR count). The Balaban J connectivity index is 1.83. The lowest BCUT2D eigenvalue weighted by Gasteiger charge is -2.14.